The minimum Gasteiger partial charge on any atom is -0.383 e. The van der Waals surface area contributed by atoms with E-state index in [2.05, 4.69) is 17.2 Å². The van der Waals surface area contributed by atoms with E-state index in [0.717, 1.165) is 17.4 Å². The monoisotopic (exact) mass is 467 g/mol. The number of nitrogens with zero attached hydrogens (tertiary/aromatic N) is 2. The zero-order valence-electron chi connectivity index (χ0n) is 20.4. The number of fused-ring (bicyclic) bond motifs is 2. The Bertz CT molecular complexity index is 1120. The lowest BCUT2D eigenvalue weighted by Crippen LogP contribution is -2.48. The summed E-state index contributed by atoms with van der Waals surface area (Å²) >= 11 is 0. The van der Waals surface area contributed by atoms with Crippen molar-refractivity contribution in [1.82, 2.24) is 14.9 Å². The van der Waals surface area contributed by atoms with Crippen LogP contribution in [0.2, 0.25) is 0 Å². The minimum atomic E-state index is -0.637. The fraction of sp³-hybridized carbons (Fsp3) is 0.577. The second-order valence-electron chi connectivity index (χ2n) is 10.5. The fourth-order valence-electron chi connectivity index (χ4n) is 5.85. The van der Waals surface area contributed by atoms with E-state index in [9.17, 15) is 14.4 Å². The number of carbonyl (C=O) groups is 1. The smallest absolute Gasteiger partial charge is 0.330 e. The predicted molar refractivity (Wildman–Crippen MR) is 135 cm³/mol. The third kappa shape index (κ3) is 5.12. The van der Waals surface area contributed by atoms with E-state index in [1.165, 1.54) is 35.2 Å². The Kier molecular flexibility index (Phi) is 7.26. The van der Waals surface area contributed by atoms with Crippen LogP contribution in [0.1, 0.15) is 52.0 Å². The van der Waals surface area contributed by atoms with Gasteiger partial charge in [0, 0.05) is 12.6 Å². The molecule has 2 aromatic rings. The summed E-state index contributed by atoms with van der Waals surface area (Å²) in [4.78, 5) is 42.6. The summed E-state index contributed by atoms with van der Waals surface area (Å²) < 4.78 is 1.32. The number of aromatic amines is 1. The molecule has 0 saturated heterocycles. The first-order valence-electron chi connectivity index (χ1n) is 12.4. The molecule has 184 valence electrons. The van der Waals surface area contributed by atoms with Gasteiger partial charge in [0.2, 0.25) is 5.91 Å². The summed E-state index contributed by atoms with van der Waals surface area (Å²) in [7, 11) is 0. The number of aromatic nitrogens is 2. The molecule has 0 aliphatic heterocycles. The Hall–Kier alpha value is -2.87. The summed E-state index contributed by atoms with van der Waals surface area (Å²) in [5.41, 5.74) is 6.07. The van der Waals surface area contributed by atoms with Gasteiger partial charge in [-0.1, -0.05) is 50.6 Å². The second kappa shape index (κ2) is 10.2. The lowest BCUT2D eigenvalue weighted by molar-refractivity contribution is -0.118. The van der Waals surface area contributed by atoms with Crippen molar-refractivity contribution < 1.29 is 4.79 Å². The van der Waals surface area contributed by atoms with Gasteiger partial charge in [-0.25, -0.2) is 4.79 Å². The summed E-state index contributed by atoms with van der Waals surface area (Å²) in [6, 6.07) is 9.65. The highest BCUT2D eigenvalue weighted by atomic mass is 16.2. The number of nitrogens with two attached hydrogens (primary N) is 1. The zero-order chi connectivity index (χ0) is 24.4. The average Bonchev–Trinajstić information content (AvgIpc) is 3.43. The molecule has 2 aliphatic carbocycles. The molecule has 1 heterocycles. The topological polar surface area (TPSA) is 113 Å². The van der Waals surface area contributed by atoms with Crippen LogP contribution in [0.3, 0.4) is 0 Å². The Labute approximate surface area is 200 Å². The molecule has 2 aliphatic rings. The van der Waals surface area contributed by atoms with Crippen molar-refractivity contribution >= 4 is 17.4 Å². The lowest BCUT2D eigenvalue weighted by atomic mass is 9.84. The normalized spacial score (nSPS) is 22.3. The zero-order valence-corrected chi connectivity index (χ0v) is 20.4. The third-order valence-corrected chi connectivity index (χ3v) is 7.53. The maximum absolute atomic E-state index is 13.4. The summed E-state index contributed by atoms with van der Waals surface area (Å²) in [6.07, 6.45) is 5.19. The molecule has 0 spiro atoms. The molecule has 2 bridgehead atoms. The molecule has 4 rings (SSSR count). The van der Waals surface area contributed by atoms with Crippen LogP contribution in [0.25, 0.3) is 0 Å². The van der Waals surface area contributed by atoms with Crippen molar-refractivity contribution in [2.24, 2.45) is 23.7 Å². The highest BCUT2D eigenvalue weighted by molar-refractivity contribution is 5.96. The largest absolute Gasteiger partial charge is 0.383 e. The average molecular weight is 468 g/mol. The first kappa shape index (κ1) is 24.3. The van der Waals surface area contributed by atoms with Gasteiger partial charge in [-0.3, -0.25) is 19.1 Å². The van der Waals surface area contributed by atoms with Crippen molar-refractivity contribution in [2.45, 2.75) is 59.0 Å². The molecule has 0 radical (unpaired) electrons. The van der Waals surface area contributed by atoms with Gasteiger partial charge in [0.25, 0.3) is 5.56 Å². The Balaban J connectivity index is 1.56. The molecule has 4 N–H and O–H groups in total. The maximum atomic E-state index is 13.4. The summed E-state index contributed by atoms with van der Waals surface area (Å²) in [6.45, 7) is 6.79. The number of nitrogens with one attached hydrogen (secondary N) is 2. The van der Waals surface area contributed by atoms with Gasteiger partial charge in [-0.15, -0.1) is 0 Å². The number of hydrogen-bond donors (Lipinski definition) is 3. The van der Waals surface area contributed by atoms with Gasteiger partial charge in [0.05, 0.1) is 13.1 Å². The number of benzene rings is 1. The van der Waals surface area contributed by atoms with Gasteiger partial charge in [-0.2, -0.15) is 0 Å². The van der Waals surface area contributed by atoms with E-state index in [0.29, 0.717) is 12.5 Å². The molecule has 8 nitrogen and oxygen atoms in total. The van der Waals surface area contributed by atoms with Crippen LogP contribution in [-0.4, -0.2) is 34.6 Å². The van der Waals surface area contributed by atoms with E-state index in [-0.39, 0.29) is 42.5 Å². The molecule has 1 aromatic heterocycles. The van der Waals surface area contributed by atoms with Crippen molar-refractivity contribution in [3.8, 4) is 0 Å². The van der Waals surface area contributed by atoms with Gasteiger partial charge >= 0.3 is 5.69 Å². The number of rotatable bonds is 9. The fourth-order valence-corrected chi connectivity index (χ4v) is 5.85. The van der Waals surface area contributed by atoms with Crippen LogP contribution in [0.4, 0.5) is 11.5 Å². The van der Waals surface area contributed by atoms with Gasteiger partial charge < -0.3 is 16.0 Å². The van der Waals surface area contributed by atoms with Crippen LogP contribution in [0.5, 0.6) is 0 Å². The number of nitrogen functional groups attached to an aromatic ring is 1. The highest BCUT2D eigenvalue weighted by Gasteiger charge is 2.41. The molecule has 8 heteroatoms. The first-order valence-corrected chi connectivity index (χ1v) is 12.4. The van der Waals surface area contributed by atoms with E-state index >= 15 is 0 Å². The van der Waals surface area contributed by atoms with E-state index in [1.54, 1.807) is 0 Å². The van der Waals surface area contributed by atoms with Gasteiger partial charge in [-0.05, 0) is 55.4 Å². The van der Waals surface area contributed by atoms with Crippen molar-refractivity contribution in [2.75, 3.05) is 23.7 Å². The van der Waals surface area contributed by atoms with Crippen LogP contribution in [0.15, 0.2) is 39.9 Å². The van der Waals surface area contributed by atoms with Crippen molar-refractivity contribution in [1.29, 1.82) is 0 Å². The molecule has 4 atom stereocenters. The Morgan fingerprint density at radius 3 is 2.53 bits per heavy atom. The van der Waals surface area contributed by atoms with E-state index in [4.69, 9.17) is 5.73 Å². The number of amides is 1. The first-order chi connectivity index (χ1) is 16.2. The SMILES string of the molecule is CC(C)CN(C(=O)CN[C@@H](C)[C@@H]1C[C@H]2CC[C@H]1C2)c1c(N)n(Cc2ccccc2)c(=O)[nH]c1=O. The van der Waals surface area contributed by atoms with Gasteiger partial charge in [0.1, 0.15) is 5.82 Å². The number of hydrogen-bond acceptors (Lipinski definition) is 5. The highest BCUT2D eigenvalue weighted by Crippen LogP contribution is 2.49. The molecule has 1 amide bonds. The number of H-pyrrole nitrogens is 1. The molecular formula is C26H37N5O3. The van der Waals surface area contributed by atoms with E-state index < -0.39 is 11.2 Å². The third-order valence-electron chi connectivity index (χ3n) is 7.53. The Morgan fingerprint density at radius 1 is 1.18 bits per heavy atom. The minimum absolute atomic E-state index is 0.00718. The Morgan fingerprint density at radius 2 is 1.91 bits per heavy atom. The van der Waals surface area contributed by atoms with Crippen LogP contribution in [-0.2, 0) is 11.3 Å². The molecular weight excluding hydrogens is 430 g/mol. The number of carbonyl (C=O) groups excluding carboxylic acids is 1. The molecule has 0 unspecified atom stereocenters. The number of anilines is 2. The molecule has 2 fully saturated rings. The second-order valence-corrected chi connectivity index (χ2v) is 10.5. The maximum Gasteiger partial charge on any atom is 0.330 e. The molecule has 2 saturated carbocycles. The van der Waals surface area contributed by atoms with Crippen molar-refractivity contribution in [3.05, 3.63) is 56.7 Å². The van der Waals surface area contributed by atoms with Crippen LogP contribution in [0, 0.1) is 23.7 Å². The van der Waals surface area contributed by atoms with Crippen molar-refractivity contribution in [3.63, 3.8) is 0 Å². The molecule has 1 aromatic carbocycles. The standard InChI is InChI=1S/C26H37N5O3/c1-16(2)14-30(22(32)13-28-17(3)21-12-19-9-10-20(21)11-19)23-24(27)31(26(34)29-25(23)33)15-18-7-5-4-6-8-18/h4-8,16-17,19-21,28H,9-15,27H2,1-3H3,(H,29,33,34)/t17-,19-,20-,21-/m0/s1. The molecule has 34 heavy (non-hydrogen) atoms. The van der Waals surface area contributed by atoms with E-state index in [1.807, 2.05) is 44.2 Å². The predicted octanol–water partition coefficient (Wildman–Crippen LogP) is 2.57. The van der Waals surface area contributed by atoms with Crippen LogP contribution < -0.4 is 27.2 Å². The quantitative estimate of drug-likeness (QED) is 0.525. The van der Waals surface area contributed by atoms with Crippen LogP contribution >= 0.6 is 0 Å². The summed E-state index contributed by atoms with van der Waals surface area (Å²) in [5, 5.41) is 3.42. The van der Waals surface area contributed by atoms with Gasteiger partial charge in [0.15, 0.2) is 5.69 Å². The lowest BCUT2D eigenvalue weighted by Gasteiger charge is -2.30. The summed E-state index contributed by atoms with van der Waals surface area (Å²) in [5.74, 6) is 2.11.